The number of amides is 1. The normalized spacial score (nSPS) is 10.2. The van der Waals surface area contributed by atoms with Gasteiger partial charge in [-0.05, 0) is 24.3 Å². The van der Waals surface area contributed by atoms with Crippen LogP contribution < -0.4 is 5.32 Å². The molecule has 0 atom stereocenters. The molecule has 3 heterocycles. The number of aromatic amines is 1. The number of nitrogens with one attached hydrogen (secondary N) is 2. The quantitative estimate of drug-likeness (QED) is 0.749. The minimum absolute atomic E-state index is 0.221. The minimum atomic E-state index is -0.285. The van der Waals surface area contributed by atoms with Gasteiger partial charge >= 0.3 is 0 Å². The molecule has 1 amide bonds. The second kappa shape index (κ2) is 5.27. The number of anilines is 1. The van der Waals surface area contributed by atoms with Crippen molar-refractivity contribution in [2.45, 2.75) is 0 Å². The molecule has 0 aliphatic carbocycles. The van der Waals surface area contributed by atoms with Crippen LogP contribution in [-0.2, 0) is 0 Å². The summed E-state index contributed by atoms with van der Waals surface area (Å²) < 4.78 is 0. The molecular formula is C13H10N6O. The lowest BCUT2D eigenvalue weighted by Gasteiger charge is -1.99. The van der Waals surface area contributed by atoms with Crippen molar-refractivity contribution in [2.75, 3.05) is 5.32 Å². The van der Waals surface area contributed by atoms with Crippen molar-refractivity contribution in [3.63, 3.8) is 0 Å². The van der Waals surface area contributed by atoms with E-state index in [0.717, 1.165) is 5.56 Å². The molecule has 3 aromatic rings. The second-order valence-corrected chi connectivity index (χ2v) is 3.93. The Morgan fingerprint density at radius 3 is 2.35 bits per heavy atom. The van der Waals surface area contributed by atoms with Gasteiger partial charge in [0, 0.05) is 35.9 Å². The van der Waals surface area contributed by atoms with Crippen molar-refractivity contribution < 1.29 is 4.79 Å². The van der Waals surface area contributed by atoms with Gasteiger partial charge < -0.3 is 0 Å². The molecule has 7 heteroatoms. The van der Waals surface area contributed by atoms with Crippen LogP contribution in [0.5, 0.6) is 0 Å². The summed E-state index contributed by atoms with van der Waals surface area (Å²) in [5.74, 6) is 0.503. The topological polar surface area (TPSA) is 96.5 Å². The van der Waals surface area contributed by atoms with E-state index in [1.54, 1.807) is 49.1 Å². The van der Waals surface area contributed by atoms with Gasteiger partial charge in [-0.25, -0.2) is 0 Å². The molecule has 0 radical (unpaired) electrons. The Morgan fingerprint density at radius 1 is 1.00 bits per heavy atom. The zero-order chi connectivity index (χ0) is 13.8. The van der Waals surface area contributed by atoms with Gasteiger partial charge in [-0.2, -0.15) is 4.98 Å². The maximum absolute atomic E-state index is 11.9. The lowest BCUT2D eigenvalue weighted by Crippen LogP contribution is -2.12. The molecular weight excluding hydrogens is 256 g/mol. The van der Waals surface area contributed by atoms with E-state index < -0.39 is 0 Å². The highest BCUT2D eigenvalue weighted by Crippen LogP contribution is 2.14. The van der Waals surface area contributed by atoms with Crippen LogP contribution in [0.1, 0.15) is 10.4 Å². The first-order valence-corrected chi connectivity index (χ1v) is 5.87. The first-order valence-electron chi connectivity index (χ1n) is 5.87. The number of hydrogen-bond donors (Lipinski definition) is 2. The van der Waals surface area contributed by atoms with E-state index in [-0.39, 0.29) is 11.9 Å². The van der Waals surface area contributed by atoms with Gasteiger partial charge in [-0.1, -0.05) is 0 Å². The Labute approximate surface area is 114 Å². The van der Waals surface area contributed by atoms with Crippen LogP contribution in [0.3, 0.4) is 0 Å². The summed E-state index contributed by atoms with van der Waals surface area (Å²) in [4.78, 5) is 23.9. The smallest absolute Gasteiger partial charge is 0.258 e. The molecule has 0 saturated heterocycles. The third kappa shape index (κ3) is 2.51. The summed E-state index contributed by atoms with van der Waals surface area (Å²) in [6.45, 7) is 0. The maximum atomic E-state index is 11.9. The molecule has 98 valence electrons. The van der Waals surface area contributed by atoms with E-state index in [9.17, 15) is 4.79 Å². The van der Waals surface area contributed by atoms with Gasteiger partial charge in [0.25, 0.3) is 5.91 Å². The number of hydrogen-bond acceptors (Lipinski definition) is 5. The molecule has 0 spiro atoms. The van der Waals surface area contributed by atoms with Crippen molar-refractivity contribution in [1.29, 1.82) is 0 Å². The summed E-state index contributed by atoms with van der Waals surface area (Å²) >= 11 is 0. The maximum Gasteiger partial charge on any atom is 0.258 e. The van der Waals surface area contributed by atoms with Crippen LogP contribution >= 0.6 is 0 Å². The predicted octanol–water partition coefficient (Wildman–Crippen LogP) is 1.51. The van der Waals surface area contributed by atoms with E-state index in [4.69, 9.17) is 0 Å². The fourth-order valence-corrected chi connectivity index (χ4v) is 1.63. The highest BCUT2D eigenvalue weighted by Gasteiger charge is 2.10. The van der Waals surface area contributed by atoms with Crippen LogP contribution in [0.4, 0.5) is 5.95 Å². The molecule has 7 nitrogen and oxygen atoms in total. The monoisotopic (exact) mass is 266 g/mol. The van der Waals surface area contributed by atoms with Gasteiger partial charge in [-0.3, -0.25) is 25.2 Å². The Hall–Kier alpha value is -3.09. The van der Waals surface area contributed by atoms with Gasteiger partial charge in [0.1, 0.15) is 0 Å². The van der Waals surface area contributed by atoms with Gasteiger partial charge in [0.15, 0.2) is 5.82 Å². The molecule has 0 unspecified atom stereocenters. The molecule has 3 aromatic heterocycles. The van der Waals surface area contributed by atoms with Gasteiger partial charge in [0.05, 0.1) is 0 Å². The fourth-order valence-electron chi connectivity index (χ4n) is 1.63. The third-order valence-electron chi connectivity index (χ3n) is 2.61. The molecule has 3 rings (SSSR count). The first kappa shape index (κ1) is 12.0. The van der Waals surface area contributed by atoms with Crippen molar-refractivity contribution in [2.24, 2.45) is 0 Å². The van der Waals surface area contributed by atoms with E-state index >= 15 is 0 Å². The van der Waals surface area contributed by atoms with Gasteiger partial charge in [-0.15, -0.1) is 5.10 Å². The van der Waals surface area contributed by atoms with Crippen molar-refractivity contribution in [3.8, 4) is 11.4 Å². The van der Waals surface area contributed by atoms with Gasteiger partial charge in [0.2, 0.25) is 5.95 Å². The number of carbonyl (C=O) groups excluding carboxylic acids is 1. The van der Waals surface area contributed by atoms with E-state index in [2.05, 4.69) is 30.5 Å². The molecule has 0 aliphatic heterocycles. The van der Waals surface area contributed by atoms with Crippen LogP contribution in [0.25, 0.3) is 11.4 Å². The standard InChI is InChI=1S/C13H10N6O/c20-12(10-3-7-15-8-4-10)17-13-16-11(18-19-13)9-1-5-14-6-2-9/h1-8H,(H2,16,17,18,19,20). The fraction of sp³-hybridized carbons (Fsp3) is 0. The number of nitrogens with zero attached hydrogens (tertiary/aromatic N) is 4. The molecule has 0 aromatic carbocycles. The zero-order valence-corrected chi connectivity index (χ0v) is 10.3. The average molecular weight is 266 g/mol. The summed E-state index contributed by atoms with van der Waals surface area (Å²) in [7, 11) is 0. The molecule has 20 heavy (non-hydrogen) atoms. The van der Waals surface area contributed by atoms with E-state index in [1.165, 1.54) is 0 Å². The number of H-pyrrole nitrogens is 1. The van der Waals surface area contributed by atoms with E-state index in [1.807, 2.05) is 0 Å². The third-order valence-corrected chi connectivity index (χ3v) is 2.61. The molecule has 0 bridgehead atoms. The van der Waals surface area contributed by atoms with Crippen molar-refractivity contribution in [1.82, 2.24) is 25.1 Å². The summed E-state index contributed by atoms with van der Waals surface area (Å²) in [5, 5.41) is 9.33. The predicted molar refractivity (Wildman–Crippen MR) is 71.8 cm³/mol. The van der Waals surface area contributed by atoms with Crippen molar-refractivity contribution >= 4 is 11.9 Å². The molecule has 0 aliphatic rings. The van der Waals surface area contributed by atoms with Crippen LogP contribution in [0.2, 0.25) is 0 Å². The van der Waals surface area contributed by atoms with E-state index in [0.29, 0.717) is 11.4 Å². The average Bonchev–Trinajstić information content (AvgIpc) is 2.97. The lowest BCUT2D eigenvalue weighted by molar-refractivity contribution is 0.102. The number of carbonyl (C=O) groups is 1. The van der Waals surface area contributed by atoms with Crippen LogP contribution in [0.15, 0.2) is 49.1 Å². The summed E-state index contributed by atoms with van der Waals surface area (Å²) in [6.07, 6.45) is 6.42. The Morgan fingerprint density at radius 2 is 1.65 bits per heavy atom. The van der Waals surface area contributed by atoms with Crippen LogP contribution in [0, 0.1) is 0 Å². The molecule has 0 saturated carbocycles. The Kier molecular flexibility index (Phi) is 3.15. The largest absolute Gasteiger partial charge is 0.289 e. The highest BCUT2D eigenvalue weighted by molar-refractivity contribution is 6.03. The number of rotatable bonds is 3. The highest BCUT2D eigenvalue weighted by atomic mass is 16.1. The van der Waals surface area contributed by atoms with Crippen LogP contribution in [-0.4, -0.2) is 31.1 Å². The molecule has 2 N–H and O–H groups in total. The zero-order valence-electron chi connectivity index (χ0n) is 10.3. The number of pyridine rings is 2. The SMILES string of the molecule is O=C(Nc1n[nH]c(-c2ccncc2)n1)c1ccncc1. The second-order valence-electron chi connectivity index (χ2n) is 3.93. The Bertz CT molecular complexity index is 710. The Balaban J connectivity index is 1.77. The first-order chi connectivity index (χ1) is 9.83. The summed E-state index contributed by atoms with van der Waals surface area (Å²) in [5.41, 5.74) is 1.34. The lowest BCUT2D eigenvalue weighted by atomic mass is 10.2. The number of aromatic nitrogens is 5. The molecule has 0 fully saturated rings. The summed E-state index contributed by atoms with van der Waals surface area (Å²) in [6, 6.07) is 6.83. The minimum Gasteiger partial charge on any atom is -0.289 e. The van der Waals surface area contributed by atoms with Crippen molar-refractivity contribution in [3.05, 3.63) is 54.6 Å².